The molecule has 0 aromatic rings. The van der Waals surface area contributed by atoms with Crippen LogP contribution in [0.4, 0.5) is 0 Å². The summed E-state index contributed by atoms with van der Waals surface area (Å²) in [5, 5.41) is 5.50. The second kappa shape index (κ2) is 6.89. The number of amides is 1. The molecule has 3 nitrogen and oxygen atoms in total. The third-order valence-electron chi connectivity index (χ3n) is 0.994. The average molecular weight is 162 g/mol. The molecule has 0 aromatic carbocycles. The summed E-state index contributed by atoms with van der Waals surface area (Å²) in [5.41, 5.74) is 0. The molecule has 0 aromatic heterocycles. The predicted octanol–water partition coefficient (Wildman–Crippen LogP) is -0.358. The molecule has 0 heterocycles. The molecule has 0 rings (SSSR count). The third-order valence-corrected chi connectivity index (χ3v) is 1.31. The van der Waals surface area contributed by atoms with Gasteiger partial charge in [0, 0.05) is 6.54 Å². The fourth-order valence-corrected chi connectivity index (χ4v) is 0.688. The van der Waals surface area contributed by atoms with E-state index in [1.165, 1.54) is 0 Å². The van der Waals surface area contributed by atoms with Crippen LogP contribution in [0.3, 0.4) is 0 Å². The lowest BCUT2D eigenvalue weighted by molar-refractivity contribution is -0.120. The molecule has 0 spiro atoms. The Morgan fingerprint density at radius 1 is 1.60 bits per heavy atom. The molecule has 0 aliphatic heterocycles. The first-order valence-corrected chi connectivity index (χ1v) is 3.96. The SMILES string of the molecule is CNCC(=O)NCCCS. The Morgan fingerprint density at radius 2 is 2.30 bits per heavy atom. The number of thiol groups is 1. The molecule has 0 saturated carbocycles. The molecule has 0 aliphatic carbocycles. The maximum absolute atomic E-state index is 10.7. The normalized spacial score (nSPS) is 9.40. The molecule has 0 unspecified atom stereocenters. The standard InChI is InChI=1S/C6H14N2OS/c1-7-5-6(9)8-3-2-4-10/h7,10H,2-5H2,1H3,(H,8,9). The first-order valence-electron chi connectivity index (χ1n) is 3.33. The van der Waals surface area contributed by atoms with Crippen molar-refractivity contribution in [2.45, 2.75) is 6.42 Å². The lowest BCUT2D eigenvalue weighted by Gasteiger charge is -2.01. The van der Waals surface area contributed by atoms with Gasteiger partial charge < -0.3 is 10.6 Å². The van der Waals surface area contributed by atoms with Crippen molar-refractivity contribution in [1.29, 1.82) is 0 Å². The zero-order chi connectivity index (χ0) is 7.82. The molecule has 0 fully saturated rings. The summed E-state index contributed by atoms with van der Waals surface area (Å²) in [6.07, 6.45) is 0.929. The number of carbonyl (C=O) groups excluding carboxylic acids is 1. The van der Waals surface area contributed by atoms with Crippen LogP contribution in [0.1, 0.15) is 6.42 Å². The number of hydrogen-bond donors (Lipinski definition) is 3. The van der Waals surface area contributed by atoms with Crippen LogP contribution in [0, 0.1) is 0 Å². The van der Waals surface area contributed by atoms with Crippen molar-refractivity contribution < 1.29 is 4.79 Å². The fourth-order valence-electron chi connectivity index (χ4n) is 0.530. The maximum atomic E-state index is 10.7. The largest absolute Gasteiger partial charge is 0.355 e. The highest BCUT2D eigenvalue weighted by Gasteiger charge is 1.94. The van der Waals surface area contributed by atoms with Gasteiger partial charge in [-0.3, -0.25) is 4.79 Å². The van der Waals surface area contributed by atoms with Crippen LogP contribution in [-0.4, -0.2) is 31.8 Å². The van der Waals surface area contributed by atoms with Gasteiger partial charge in [0.15, 0.2) is 0 Å². The summed E-state index contributed by atoms with van der Waals surface area (Å²) >= 11 is 4.01. The van der Waals surface area contributed by atoms with E-state index < -0.39 is 0 Å². The number of nitrogens with one attached hydrogen (secondary N) is 2. The summed E-state index contributed by atoms with van der Waals surface area (Å²) in [6, 6.07) is 0. The van der Waals surface area contributed by atoms with Gasteiger partial charge in [-0.25, -0.2) is 0 Å². The van der Waals surface area contributed by atoms with Crippen molar-refractivity contribution >= 4 is 18.5 Å². The van der Waals surface area contributed by atoms with Crippen LogP contribution in [-0.2, 0) is 4.79 Å². The highest BCUT2D eigenvalue weighted by molar-refractivity contribution is 7.80. The molecule has 0 bridgehead atoms. The van der Waals surface area contributed by atoms with E-state index in [1.54, 1.807) is 7.05 Å². The molecule has 0 atom stereocenters. The van der Waals surface area contributed by atoms with Gasteiger partial charge >= 0.3 is 0 Å². The Hall–Kier alpha value is -0.220. The first kappa shape index (κ1) is 9.78. The lowest BCUT2D eigenvalue weighted by Crippen LogP contribution is -2.32. The van der Waals surface area contributed by atoms with Gasteiger partial charge in [-0.2, -0.15) is 12.6 Å². The second-order valence-electron chi connectivity index (χ2n) is 1.96. The van der Waals surface area contributed by atoms with Crippen molar-refractivity contribution in [3.63, 3.8) is 0 Å². The van der Waals surface area contributed by atoms with Gasteiger partial charge in [0.25, 0.3) is 0 Å². The van der Waals surface area contributed by atoms with E-state index in [2.05, 4.69) is 23.3 Å². The van der Waals surface area contributed by atoms with Crippen LogP contribution >= 0.6 is 12.6 Å². The first-order chi connectivity index (χ1) is 4.81. The highest BCUT2D eigenvalue weighted by Crippen LogP contribution is 1.79. The minimum atomic E-state index is 0.0456. The second-order valence-corrected chi connectivity index (χ2v) is 2.40. The summed E-state index contributed by atoms with van der Waals surface area (Å²) in [4.78, 5) is 10.7. The fraction of sp³-hybridized carbons (Fsp3) is 0.833. The van der Waals surface area contributed by atoms with Gasteiger partial charge in [0.05, 0.1) is 6.54 Å². The van der Waals surface area contributed by atoms with Gasteiger partial charge in [-0.1, -0.05) is 0 Å². The lowest BCUT2D eigenvalue weighted by atomic mass is 10.4. The Kier molecular flexibility index (Phi) is 6.74. The van der Waals surface area contributed by atoms with Crippen molar-refractivity contribution in [2.75, 3.05) is 25.9 Å². The summed E-state index contributed by atoms with van der Waals surface area (Å²) < 4.78 is 0. The molecule has 60 valence electrons. The van der Waals surface area contributed by atoms with Crippen molar-refractivity contribution in [3.8, 4) is 0 Å². The number of likely N-dealkylation sites (N-methyl/N-ethyl adjacent to an activating group) is 1. The molecule has 10 heavy (non-hydrogen) atoms. The minimum Gasteiger partial charge on any atom is -0.355 e. The predicted molar refractivity (Wildman–Crippen MR) is 45.4 cm³/mol. The third kappa shape index (κ3) is 5.91. The average Bonchev–Trinajstić information content (AvgIpc) is 1.89. The van der Waals surface area contributed by atoms with E-state index >= 15 is 0 Å². The van der Waals surface area contributed by atoms with Gasteiger partial charge in [-0.15, -0.1) is 0 Å². The highest BCUT2D eigenvalue weighted by atomic mass is 32.1. The maximum Gasteiger partial charge on any atom is 0.233 e. The minimum absolute atomic E-state index is 0.0456. The Bertz CT molecular complexity index is 97.7. The molecular weight excluding hydrogens is 148 g/mol. The number of rotatable bonds is 5. The van der Waals surface area contributed by atoms with E-state index in [4.69, 9.17) is 0 Å². The van der Waals surface area contributed by atoms with Gasteiger partial charge in [0.2, 0.25) is 5.91 Å². The van der Waals surface area contributed by atoms with E-state index in [1.807, 2.05) is 0 Å². The smallest absolute Gasteiger partial charge is 0.233 e. The van der Waals surface area contributed by atoms with Crippen LogP contribution in [0.15, 0.2) is 0 Å². The molecule has 4 heteroatoms. The van der Waals surface area contributed by atoms with Gasteiger partial charge in [0.1, 0.15) is 0 Å². The van der Waals surface area contributed by atoms with E-state index in [9.17, 15) is 4.79 Å². The molecule has 2 N–H and O–H groups in total. The molecular formula is C6H14N2OS. The van der Waals surface area contributed by atoms with Gasteiger partial charge in [-0.05, 0) is 19.2 Å². The zero-order valence-electron chi connectivity index (χ0n) is 6.18. The van der Waals surface area contributed by atoms with Crippen molar-refractivity contribution in [1.82, 2.24) is 10.6 Å². The van der Waals surface area contributed by atoms with Crippen LogP contribution in [0.2, 0.25) is 0 Å². The van der Waals surface area contributed by atoms with E-state index in [0.717, 1.165) is 18.7 Å². The summed E-state index contributed by atoms with van der Waals surface area (Å²) in [7, 11) is 1.75. The van der Waals surface area contributed by atoms with Crippen LogP contribution in [0.25, 0.3) is 0 Å². The van der Waals surface area contributed by atoms with E-state index in [0.29, 0.717) is 6.54 Å². The molecule has 0 saturated heterocycles. The zero-order valence-corrected chi connectivity index (χ0v) is 7.08. The van der Waals surface area contributed by atoms with Crippen molar-refractivity contribution in [3.05, 3.63) is 0 Å². The molecule has 1 amide bonds. The van der Waals surface area contributed by atoms with Crippen LogP contribution in [0.5, 0.6) is 0 Å². The summed E-state index contributed by atoms with van der Waals surface area (Å²) in [6.45, 7) is 1.12. The molecule has 0 radical (unpaired) electrons. The Morgan fingerprint density at radius 3 is 2.80 bits per heavy atom. The number of carbonyl (C=O) groups is 1. The Labute approximate surface area is 67.0 Å². The van der Waals surface area contributed by atoms with Crippen molar-refractivity contribution in [2.24, 2.45) is 0 Å². The Balaban J connectivity index is 3.05. The van der Waals surface area contributed by atoms with E-state index in [-0.39, 0.29) is 5.91 Å². The molecule has 0 aliphatic rings. The number of hydrogen-bond acceptors (Lipinski definition) is 3. The summed E-state index contributed by atoms with van der Waals surface area (Å²) in [5.74, 6) is 0.865. The topological polar surface area (TPSA) is 41.1 Å². The quantitative estimate of drug-likeness (QED) is 0.382. The monoisotopic (exact) mass is 162 g/mol. The van der Waals surface area contributed by atoms with Crippen LogP contribution < -0.4 is 10.6 Å².